The van der Waals surface area contributed by atoms with Gasteiger partial charge in [0.25, 0.3) is 0 Å². The summed E-state index contributed by atoms with van der Waals surface area (Å²) in [6.45, 7) is 3.17. The first-order valence-electron chi connectivity index (χ1n) is 6.51. The summed E-state index contributed by atoms with van der Waals surface area (Å²) in [7, 11) is 0. The molecule has 0 bridgehead atoms. The fraction of sp³-hybridized carbons (Fsp3) is 0.571. The third-order valence-corrected chi connectivity index (χ3v) is 4.03. The van der Waals surface area contributed by atoms with E-state index in [1.54, 1.807) is 6.92 Å². The lowest BCUT2D eigenvalue weighted by molar-refractivity contribution is 0.183. The summed E-state index contributed by atoms with van der Waals surface area (Å²) in [6.07, 6.45) is 3.16. The van der Waals surface area contributed by atoms with E-state index in [4.69, 9.17) is 21.1 Å². The summed E-state index contributed by atoms with van der Waals surface area (Å²) in [5.74, 6) is 1.56. The highest BCUT2D eigenvalue weighted by molar-refractivity contribution is 6.33. The minimum absolute atomic E-state index is 0.551. The van der Waals surface area contributed by atoms with Gasteiger partial charge in [0.2, 0.25) is 0 Å². The number of benzene rings is 1. The van der Waals surface area contributed by atoms with Crippen LogP contribution < -0.4 is 9.47 Å². The Morgan fingerprint density at radius 3 is 2.33 bits per heavy atom. The zero-order valence-corrected chi connectivity index (χ0v) is 11.2. The second-order valence-electron chi connectivity index (χ2n) is 4.92. The average Bonchev–Trinajstić information content (AvgIpc) is 2.39. The van der Waals surface area contributed by atoms with Gasteiger partial charge in [-0.3, -0.25) is 0 Å². The highest BCUT2D eigenvalue weighted by Gasteiger charge is 2.30. The highest BCUT2D eigenvalue weighted by Crippen LogP contribution is 2.47. The third kappa shape index (κ3) is 1.77. The molecule has 1 N–H and O–H groups in total. The van der Waals surface area contributed by atoms with Crippen LogP contribution >= 0.6 is 11.6 Å². The first-order chi connectivity index (χ1) is 8.70. The van der Waals surface area contributed by atoms with Crippen molar-refractivity contribution in [2.45, 2.75) is 38.7 Å². The summed E-state index contributed by atoms with van der Waals surface area (Å²) in [5, 5.41) is 10.7. The molecule has 1 unspecified atom stereocenters. The number of halogens is 1. The van der Waals surface area contributed by atoms with Gasteiger partial charge in [-0.1, -0.05) is 11.6 Å². The van der Waals surface area contributed by atoms with Crippen molar-refractivity contribution in [2.75, 3.05) is 13.2 Å². The Morgan fingerprint density at radius 1 is 1.06 bits per heavy atom. The predicted molar refractivity (Wildman–Crippen MR) is 69.7 cm³/mol. The first-order valence-corrected chi connectivity index (χ1v) is 6.88. The molecule has 18 heavy (non-hydrogen) atoms. The normalized spacial score (nSPS) is 19.3. The van der Waals surface area contributed by atoms with Gasteiger partial charge in [-0.15, -0.1) is 0 Å². The van der Waals surface area contributed by atoms with E-state index in [1.807, 2.05) is 0 Å². The summed E-state index contributed by atoms with van der Waals surface area (Å²) < 4.78 is 11.5. The van der Waals surface area contributed by atoms with Crippen LogP contribution in [0.5, 0.6) is 11.5 Å². The zero-order chi connectivity index (χ0) is 12.7. The Labute approximate surface area is 112 Å². The van der Waals surface area contributed by atoms with Gasteiger partial charge in [0.15, 0.2) is 0 Å². The number of hydrogen-bond donors (Lipinski definition) is 1. The minimum atomic E-state index is -0.551. The van der Waals surface area contributed by atoms with E-state index in [0.29, 0.717) is 18.2 Å². The molecule has 2 aliphatic heterocycles. The SMILES string of the molecule is CC(O)c1c2c(c(Cl)c3c1OCCC3)OCCC2. The molecular weight excluding hydrogens is 252 g/mol. The molecule has 4 heteroatoms. The Balaban J connectivity index is 2.27. The van der Waals surface area contributed by atoms with Gasteiger partial charge in [0.05, 0.1) is 24.3 Å². The van der Waals surface area contributed by atoms with Crippen LogP contribution in [0, 0.1) is 0 Å². The molecule has 3 nitrogen and oxygen atoms in total. The van der Waals surface area contributed by atoms with Crippen molar-refractivity contribution in [2.24, 2.45) is 0 Å². The van der Waals surface area contributed by atoms with E-state index in [9.17, 15) is 5.11 Å². The van der Waals surface area contributed by atoms with Crippen LogP contribution in [0.4, 0.5) is 0 Å². The predicted octanol–water partition coefficient (Wildman–Crippen LogP) is 3.04. The molecule has 98 valence electrons. The lowest BCUT2D eigenvalue weighted by atomic mass is 9.90. The minimum Gasteiger partial charge on any atom is -0.493 e. The van der Waals surface area contributed by atoms with E-state index in [1.165, 1.54) is 0 Å². The second-order valence-corrected chi connectivity index (χ2v) is 5.30. The number of aliphatic hydroxyl groups excluding tert-OH is 1. The molecule has 0 amide bonds. The summed E-state index contributed by atoms with van der Waals surface area (Å²) in [4.78, 5) is 0. The van der Waals surface area contributed by atoms with Gasteiger partial charge >= 0.3 is 0 Å². The topological polar surface area (TPSA) is 38.7 Å². The van der Waals surface area contributed by atoms with Crippen molar-refractivity contribution in [3.63, 3.8) is 0 Å². The monoisotopic (exact) mass is 268 g/mol. The van der Waals surface area contributed by atoms with Crippen LogP contribution in [0.3, 0.4) is 0 Å². The van der Waals surface area contributed by atoms with E-state index < -0.39 is 6.10 Å². The largest absolute Gasteiger partial charge is 0.493 e. The molecule has 0 aromatic heterocycles. The highest BCUT2D eigenvalue weighted by atomic mass is 35.5. The van der Waals surface area contributed by atoms with Gasteiger partial charge in [-0.2, -0.15) is 0 Å². The maximum atomic E-state index is 10.0. The average molecular weight is 269 g/mol. The quantitative estimate of drug-likeness (QED) is 0.851. The first kappa shape index (κ1) is 12.1. The van der Waals surface area contributed by atoms with E-state index >= 15 is 0 Å². The lowest BCUT2D eigenvalue weighted by Crippen LogP contribution is -2.18. The van der Waals surface area contributed by atoms with Crippen molar-refractivity contribution in [3.8, 4) is 11.5 Å². The molecule has 0 radical (unpaired) electrons. The molecule has 0 aliphatic carbocycles. The smallest absolute Gasteiger partial charge is 0.141 e. The number of rotatable bonds is 1. The molecular formula is C14H17ClO3. The van der Waals surface area contributed by atoms with E-state index in [2.05, 4.69) is 0 Å². The van der Waals surface area contributed by atoms with E-state index in [-0.39, 0.29) is 0 Å². The zero-order valence-electron chi connectivity index (χ0n) is 10.5. The van der Waals surface area contributed by atoms with Crippen molar-refractivity contribution in [1.82, 2.24) is 0 Å². The number of aliphatic hydroxyl groups is 1. The second kappa shape index (κ2) is 4.63. The fourth-order valence-electron chi connectivity index (χ4n) is 2.87. The molecule has 1 aromatic rings. The molecule has 0 saturated heterocycles. The Bertz CT molecular complexity index is 445. The van der Waals surface area contributed by atoms with Crippen LogP contribution in [0.1, 0.15) is 42.6 Å². The van der Waals surface area contributed by atoms with Crippen molar-refractivity contribution in [3.05, 3.63) is 21.7 Å². The summed E-state index contributed by atoms with van der Waals surface area (Å²) >= 11 is 6.43. The lowest BCUT2D eigenvalue weighted by Gasteiger charge is -2.29. The molecule has 0 saturated carbocycles. The number of hydrogen-bond acceptors (Lipinski definition) is 3. The van der Waals surface area contributed by atoms with Crippen LogP contribution in [0.15, 0.2) is 0 Å². The van der Waals surface area contributed by atoms with Crippen molar-refractivity contribution >= 4 is 11.6 Å². The molecule has 1 aromatic carbocycles. The molecule has 2 aliphatic rings. The molecule has 0 fully saturated rings. The van der Waals surface area contributed by atoms with Crippen LogP contribution in [0.25, 0.3) is 0 Å². The van der Waals surface area contributed by atoms with Crippen molar-refractivity contribution in [1.29, 1.82) is 0 Å². The molecule has 3 rings (SSSR count). The Morgan fingerprint density at radius 2 is 1.67 bits per heavy atom. The van der Waals surface area contributed by atoms with Crippen LogP contribution in [-0.4, -0.2) is 18.3 Å². The summed E-state index contributed by atoms with van der Waals surface area (Å²) in [5.41, 5.74) is 2.91. The molecule has 1 atom stereocenters. The molecule has 0 spiro atoms. The number of ether oxygens (including phenoxy) is 2. The Hall–Kier alpha value is -0.930. The van der Waals surface area contributed by atoms with Crippen LogP contribution in [0.2, 0.25) is 5.02 Å². The third-order valence-electron chi connectivity index (χ3n) is 3.64. The molecule has 2 heterocycles. The maximum absolute atomic E-state index is 10.0. The van der Waals surface area contributed by atoms with Crippen LogP contribution in [-0.2, 0) is 12.8 Å². The fourth-order valence-corrected chi connectivity index (χ4v) is 3.22. The van der Waals surface area contributed by atoms with Gasteiger partial charge in [0, 0.05) is 16.7 Å². The maximum Gasteiger partial charge on any atom is 0.141 e. The van der Waals surface area contributed by atoms with E-state index in [0.717, 1.165) is 53.9 Å². The number of fused-ring (bicyclic) bond motifs is 2. The summed E-state index contributed by atoms with van der Waals surface area (Å²) in [6, 6.07) is 0. The van der Waals surface area contributed by atoms with Gasteiger partial charge in [-0.05, 0) is 32.6 Å². The van der Waals surface area contributed by atoms with Gasteiger partial charge < -0.3 is 14.6 Å². The standard InChI is InChI=1S/C14H17ClO3/c1-8(16)11-9-4-2-7-18-14(9)12(15)10-5-3-6-17-13(10)11/h8,16H,2-7H2,1H3. The van der Waals surface area contributed by atoms with Crippen molar-refractivity contribution < 1.29 is 14.6 Å². The van der Waals surface area contributed by atoms with Gasteiger partial charge in [-0.25, -0.2) is 0 Å². The van der Waals surface area contributed by atoms with Gasteiger partial charge in [0.1, 0.15) is 11.5 Å². The Kier molecular flexibility index (Phi) is 3.12.